The lowest BCUT2D eigenvalue weighted by Gasteiger charge is -2.06. The van der Waals surface area contributed by atoms with Gasteiger partial charge in [0, 0.05) is 11.5 Å². The van der Waals surface area contributed by atoms with Gasteiger partial charge in [-0.15, -0.1) is 0 Å². The average molecular weight is 216 g/mol. The zero-order chi connectivity index (χ0) is 11.5. The molecule has 1 nitrogen and oxygen atoms in total. The summed E-state index contributed by atoms with van der Waals surface area (Å²) < 4.78 is 0. The molecule has 0 saturated heterocycles. The van der Waals surface area contributed by atoms with Crippen LogP contribution in [0.4, 0.5) is 0 Å². The lowest BCUT2D eigenvalue weighted by molar-refractivity contribution is 0.0939. The zero-order valence-corrected chi connectivity index (χ0v) is 10.2. The molecule has 16 heavy (non-hydrogen) atoms. The van der Waals surface area contributed by atoms with Crippen LogP contribution in [0.5, 0.6) is 0 Å². The van der Waals surface area contributed by atoms with Crippen LogP contribution in [0.2, 0.25) is 0 Å². The molecular weight excluding hydrogens is 196 g/mol. The highest BCUT2D eigenvalue weighted by molar-refractivity contribution is 5.97. The number of hydrogen-bond acceptors (Lipinski definition) is 1. The van der Waals surface area contributed by atoms with E-state index in [-0.39, 0.29) is 11.7 Å². The Morgan fingerprint density at radius 2 is 2.12 bits per heavy atom. The fourth-order valence-electron chi connectivity index (χ4n) is 1.99. The molecule has 0 aromatic heterocycles. The van der Waals surface area contributed by atoms with Gasteiger partial charge in [-0.25, -0.2) is 0 Å². The van der Waals surface area contributed by atoms with E-state index in [1.54, 1.807) is 0 Å². The van der Waals surface area contributed by atoms with E-state index in [2.05, 4.69) is 12.1 Å². The minimum atomic E-state index is 0.0960. The molecule has 0 spiro atoms. The summed E-state index contributed by atoms with van der Waals surface area (Å²) in [5, 5.41) is 0. The Balaban J connectivity index is 2.02. The minimum absolute atomic E-state index is 0.0960. The van der Waals surface area contributed by atoms with Gasteiger partial charge in [0.15, 0.2) is 5.78 Å². The summed E-state index contributed by atoms with van der Waals surface area (Å²) >= 11 is 0. The van der Waals surface area contributed by atoms with Crippen molar-refractivity contribution in [2.24, 2.45) is 11.8 Å². The van der Waals surface area contributed by atoms with E-state index >= 15 is 0 Å². The van der Waals surface area contributed by atoms with Gasteiger partial charge in [-0.2, -0.15) is 0 Å². The normalized spacial score (nSPS) is 15.4. The first-order valence-corrected chi connectivity index (χ1v) is 6.30. The van der Waals surface area contributed by atoms with Crippen LogP contribution in [0.15, 0.2) is 24.3 Å². The fourth-order valence-corrected chi connectivity index (χ4v) is 1.99. The molecule has 1 aliphatic rings. The topological polar surface area (TPSA) is 17.1 Å². The molecule has 0 N–H and O–H groups in total. The maximum absolute atomic E-state index is 11.8. The van der Waals surface area contributed by atoms with E-state index in [1.807, 2.05) is 26.0 Å². The van der Waals surface area contributed by atoms with E-state index in [0.29, 0.717) is 0 Å². The number of carbonyl (C=O) groups is 1. The molecule has 1 aliphatic carbocycles. The predicted molar refractivity (Wildman–Crippen MR) is 66.7 cm³/mol. The Labute approximate surface area is 97.9 Å². The van der Waals surface area contributed by atoms with Crippen molar-refractivity contribution in [3.63, 3.8) is 0 Å². The van der Waals surface area contributed by atoms with E-state index < -0.39 is 0 Å². The fraction of sp³-hybridized carbons (Fsp3) is 0.533. The third-order valence-electron chi connectivity index (χ3n) is 3.27. The maximum Gasteiger partial charge on any atom is 0.165 e. The third kappa shape index (κ3) is 2.94. The first-order valence-electron chi connectivity index (χ1n) is 6.30. The number of carbonyl (C=O) groups excluding carboxylic acids is 1. The highest BCUT2D eigenvalue weighted by Crippen LogP contribution is 2.33. The molecule has 0 unspecified atom stereocenters. The Morgan fingerprint density at radius 3 is 2.75 bits per heavy atom. The summed E-state index contributed by atoms with van der Waals surface area (Å²) in [7, 11) is 0. The number of ketones is 1. The minimum Gasteiger partial charge on any atom is -0.294 e. The Bertz CT molecular complexity index is 375. The van der Waals surface area contributed by atoms with Gasteiger partial charge in [0.05, 0.1) is 0 Å². The molecule has 0 heterocycles. The molecule has 1 aromatic carbocycles. The molecule has 1 heteroatoms. The smallest absolute Gasteiger partial charge is 0.165 e. The van der Waals surface area contributed by atoms with E-state index in [9.17, 15) is 4.79 Å². The second kappa shape index (κ2) is 4.82. The van der Waals surface area contributed by atoms with Crippen LogP contribution in [-0.4, -0.2) is 5.78 Å². The second-order valence-corrected chi connectivity index (χ2v) is 5.20. The third-order valence-corrected chi connectivity index (χ3v) is 3.27. The number of hydrogen-bond donors (Lipinski definition) is 0. The van der Waals surface area contributed by atoms with Gasteiger partial charge < -0.3 is 0 Å². The maximum atomic E-state index is 11.8. The Hall–Kier alpha value is -1.11. The molecule has 0 bridgehead atoms. The summed E-state index contributed by atoms with van der Waals surface area (Å²) in [6, 6.07) is 8.16. The molecule has 0 radical (unpaired) electrons. The average Bonchev–Trinajstić information content (AvgIpc) is 3.09. The van der Waals surface area contributed by atoms with Gasteiger partial charge in [0.1, 0.15) is 0 Å². The van der Waals surface area contributed by atoms with Crippen molar-refractivity contribution in [2.45, 2.75) is 39.5 Å². The van der Waals surface area contributed by atoms with E-state index in [1.165, 1.54) is 24.8 Å². The zero-order valence-electron chi connectivity index (χ0n) is 10.2. The highest BCUT2D eigenvalue weighted by Gasteiger charge is 2.20. The van der Waals surface area contributed by atoms with Gasteiger partial charge in [0.25, 0.3) is 0 Å². The van der Waals surface area contributed by atoms with Gasteiger partial charge in [-0.05, 0) is 30.4 Å². The lowest BCUT2D eigenvalue weighted by atomic mass is 9.97. The summed E-state index contributed by atoms with van der Waals surface area (Å²) in [6.07, 6.45) is 5.23. The number of aryl methyl sites for hydroxylation is 1. The van der Waals surface area contributed by atoms with Crippen LogP contribution in [0.25, 0.3) is 0 Å². The van der Waals surface area contributed by atoms with Crippen LogP contribution >= 0.6 is 0 Å². The second-order valence-electron chi connectivity index (χ2n) is 5.20. The first kappa shape index (κ1) is 11.4. The Morgan fingerprint density at radius 1 is 1.38 bits per heavy atom. The summed E-state index contributed by atoms with van der Waals surface area (Å²) in [5.74, 6) is 1.32. The first-order chi connectivity index (χ1) is 7.66. The molecule has 2 rings (SSSR count). The lowest BCUT2D eigenvalue weighted by Crippen LogP contribution is -2.07. The van der Waals surface area contributed by atoms with E-state index in [4.69, 9.17) is 0 Å². The molecule has 0 amide bonds. The summed E-state index contributed by atoms with van der Waals surface area (Å²) in [6.45, 7) is 3.92. The summed E-state index contributed by atoms with van der Waals surface area (Å²) in [4.78, 5) is 11.8. The monoisotopic (exact) mass is 216 g/mol. The molecule has 1 aromatic rings. The van der Waals surface area contributed by atoms with Crippen molar-refractivity contribution in [3.8, 4) is 0 Å². The van der Waals surface area contributed by atoms with E-state index in [0.717, 1.165) is 17.9 Å². The van der Waals surface area contributed by atoms with Crippen LogP contribution in [0.1, 0.15) is 49.0 Å². The van der Waals surface area contributed by atoms with Gasteiger partial charge in [-0.3, -0.25) is 4.79 Å². The molecule has 0 atom stereocenters. The van der Waals surface area contributed by atoms with Crippen LogP contribution in [0.3, 0.4) is 0 Å². The number of rotatable bonds is 5. The van der Waals surface area contributed by atoms with Crippen molar-refractivity contribution in [1.29, 1.82) is 0 Å². The largest absolute Gasteiger partial charge is 0.294 e. The van der Waals surface area contributed by atoms with Gasteiger partial charge in [0.2, 0.25) is 0 Å². The quantitative estimate of drug-likeness (QED) is 0.683. The molecule has 86 valence electrons. The number of benzene rings is 1. The Kier molecular flexibility index (Phi) is 3.42. The summed E-state index contributed by atoms with van der Waals surface area (Å²) in [5.41, 5.74) is 2.20. The van der Waals surface area contributed by atoms with Crippen LogP contribution in [0, 0.1) is 11.8 Å². The van der Waals surface area contributed by atoms with Crippen molar-refractivity contribution in [2.75, 3.05) is 0 Å². The van der Waals surface area contributed by atoms with Crippen molar-refractivity contribution in [1.82, 2.24) is 0 Å². The molecule has 1 fully saturated rings. The standard InChI is InChI=1S/C15H20O/c1-11(2)15(16)14-5-3-4-13(10-14)9-8-12-6-7-12/h3-5,10-12H,6-9H2,1-2H3. The molecular formula is C15H20O. The van der Waals surface area contributed by atoms with Crippen molar-refractivity contribution >= 4 is 5.78 Å². The van der Waals surface area contributed by atoms with Gasteiger partial charge >= 0.3 is 0 Å². The van der Waals surface area contributed by atoms with Gasteiger partial charge in [-0.1, -0.05) is 44.9 Å². The van der Waals surface area contributed by atoms with Crippen molar-refractivity contribution < 1.29 is 4.79 Å². The predicted octanol–water partition coefficient (Wildman–Crippen LogP) is 3.87. The molecule has 0 aliphatic heterocycles. The highest BCUT2D eigenvalue weighted by atomic mass is 16.1. The van der Waals surface area contributed by atoms with Crippen molar-refractivity contribution in [3.05, 3.63) is 35.4 Å². The van der Waals surface area contributed by atoms with Crippen LogP contribution in [-0.2, 0) is 6.42 Å². The molecule has 1 saturated carbocycles. The SMILES string of the molecule is CC(C)C(=O)c1cccc(CCC2CC2)c1. The van der Waals surface area contributed by atoms with Crippen LogP contribution < -0.4 is 0 Å². The number of Topliss-reactive ketones (excluding diaryl/α,β-unsaturated/α-hetero) is 1.